The molecule has 3 nitrogen and oxygen atoms in total. The van der Waals surface area contributed by atoms with Gasteiger partial charge in [-0.2, -0.15) is 0 Å². The number of ether oxygens (including phenoxy) is 1. The molecule has 4 heteroatoms. The second-order valence-electron chi connectivity index (χ2n) is 4.67. The summed E-state index contributed by atoms with van der Waals surface area (Å²) in [5.74, 6) is 0.576. The molecule has 0 saturated carbocycles. The van der Waals surface area contributed by atoms with Crippen molar-refractivity contribution in [1.82, 2.24) is 0 Å². The first-order chi connectivity index (χ1) is 9.63. The Hall–Kier alpha value is -2.07. The van der Waals surface area contributed by atoms with E-state index < -0.39 is 0 Å². The van der Waals surface area contributed by atoms with Crippen LogP contribution in [-0.4, -0.2) is 13.7 Å². The Morgan fingerprint density at radius 1 is 1.25 bits per heavy atom. The van der Waals surface area contributed by atoms with E-state index in [1.807, 2.05) is 31.2 Å². The lowest BCUT2D eigenvalue weighted by Gasteiger charge is -2.20. The number of aryl methyl sites for hydroxylation is 1. The minimum Gasteiger partial charge on any atom is -0.496 e. The van der Waals surface area contributed by atoms with Gasteiger partial charge in [0, 0.05) is 12.2 Å². The van der Waals surface area contributed by atoms with E-state index in [1.54, 1.807) is 13.2 Å². The van der Waals surface area contributed by atoms with Crippen LogP contribution in [0.3, 0.4) is 0 Å². The van der Waals surface area contributed by atoms with Crippen LogP contribution in [-0.2, 0) is 0 Å². The topological polar surface area (TPSA) is 47.3 Å². The average molecular weight is 274 g/mol. The van der Waals surface area contributed by atoms with E-state index in [0.717, 1.165) is 16.9 Å². The van der Waals surface area contributed by atoms with Crippen LogP contribution in [0.2, 0.25) is 0 Å². The highest BCUT2D eigenvalue weighted by atomic mass is 19.1. The highest BCUT2D eigenvalue weighted by molar-refractivity contribution is 5.47. The first kappa shape index (κ1) is 14.3. The van der Waals surface area contributed by atoms with Gasteiger partial charge in [0.05, 0.1) is 13.2 Å². The lowest BCUT2D eigenvalue weighted by atomic mass is 10.0. The maximum atomic E-state index is 13.2. The van der Waals surface area contributed by atoms with Crippen LogP contribution in [0.15, 0.2) is 42.5 Å². The van der Waals surface area contributed by atoms with Gasteiger partial charge in [0.1, 0.15) is 11.6 Å². The first-order valence-electron chi connectivity index (χ1n) is 6.50. The molecule has 0 radical (unpaired) electrons. The second-order valence-corrected chi connectivity index (χ2v) is 4.67. The summed E-state index contributed by atoms with van der Waals surface area (Å²) in [5, 5.41) is 3.24. The van der Waals surface area contributed by atoms with Crippen molar-refractivity contribution >= 4 is 5.69 Å². The molecule has 2 rings (SSSR count). The van der Waals surface area contributed by atoms with Crippen LogP contribution < -0.4 is 15.8 Å². The van der Waals surface area contributed by atoms with Gasteiger partial charge < -0.3 is 15.8 Å². The number of anilines is 1. The Balaban J connectivity index is 2.22. The molecule has 2 aromatic carbocycles. The predicted molar refractivity (Wildman–Crippen MR) is 79.5 cm³/mol. The summed E-state index contributed by atoms with van der Waals surface area (Å²) in [7, 11) is 1.65. The van der Waals surface area contributed by atoms with Gasteiger partial charge in [-0.15, -0.1) is 0 Å². The van der Waals surface area contributed by atoms with Gasteiger partial charge in [-0.3, -0.25) is 0 Å². The molecule has 1 atom stereocenters. The smallest absolute Gasteiger partial charge is 0.125 e. The van der Waals surface area contributed by atoms with Gasteiger partial charge in [-0.1, -0.05) is 18.2 Å². The molecule has 0 aliphatic rings. The second kappa shape index (κ2) is 6.39. The molecule has 0 aromatic heterocycles. The van der Waals surface area contributed by atoms with Crippen molar-refractivity contribution in [3.05, 3.63) is 59.4 Å². The molecule has 2 aromatic rings. The Kier molecular flexibility index (Phi) is 4.58. The third-order valence-corrected chi connectivity index (χ3v) is 3.22. The number of nitrogens with two attached hydrogens (primary N) is 1. The maximum Gasteiger partial charge on any atom is 0.125 e. The van der Waals surface area contributed by atoms with Crippen LogP contribution in [0.1, 0.15) is 17.2 Å². The van der Waals surface area contributed by atoms with Crippen LogP contribution in [0.4, 0.5) is 10.1 Å². The van der Waals surface area contributed by atoms with E-state index >= 15 is 0 Å². The largest absolute Gasteiger partial charge is 0.496 e. The number of rotatable bonds is 5. The van der Waals surface area contributed by atoms with E-state index in [4.69, 9.17) is 10.5 Å². The summed E-state index contributed by atoms with van der Waals surface area (Å²) in [6.45, 7) is 2.40. The summed E-state index contributed by atoms with van der Waals surface area (Å²) in [4.78, 5) is 0. The first-order valence-corrected chi connectivity index (χ1v) is 6.50. The average Bonchev–Trinajstić information content (AvgIpc) is 2.44. The van der Waals surface area contributed by atoms with Gasteiger partial charge in [0.15, 0.2) is 0 Å². The Morgan fingerprint density at radius 3 is 2.65 bits per heavy atom. The molecular weight excluding hydrogens is 255 g/mol. The number of hydrogen-bond acceptors (Lipinski definition) is 3. The lowest BCUT2D eigenvalue weighted by molar-refractivity contribution is 0.411. The number of hydrogen-bond donors (Lipinski definition) is 2. The molecule has 0 bridgehead atoms. The number of nitrogens with one attached hydrogen (secondary N) is 1. The van der Waals surface area contributed by atoms with Crippen molar-refractivity contribution in [3.8, 4) is 5.75 Å². The molecule has 0 saturated heterocycles. The standard InChI is InChI=1S/C16H19FN2O/c1-11-8-12(6-7-16(11)20-2)15(10-18)19-14-5-3-4-13(17)9-14/h3-9,15,19H,10,18H2,1-2H3. The molecule has 0 aliphatic heterocycles. The molecular formula is C16H19FN2O. The fourth-order valence-corrected chi connectivity index (χ4v) is 2.18. The molecule has 0 spiro atoms. The highest BCUT2D eigenvalue weighted by Gasteiger charge is 2.11. The maximum absolute atomic E-state index is 13.2. The predicted octanol–water partition coefficient (Wildman–Crippen LogP) is 3.25. The van der Waals surface area contributed by atoms with Gasteiger partial charge in [0.2, 0.25) is 0 Å². The van der Waals surface area contributed by atoms with E-state index in [1.165, 1.54) is 12.1 Å². The zero-order chi connectivity index (χ0) is 14.5. The normalized spacial score (nSPS) is 12.0. The van der Waals surface area contributed by atoms with Gasteiger partial charge in [-0.25, -0.2) is 4.39 Å². The lowest BCUT2D eigenvalue weighted by Crippen LogP contribution is -2.20. The van der Waals surface area contributed by atoms with Gasteiger partial charge in [0.25, 0.3) is 0 Å². The quantitative estimate of drug-likeness (QED) is 0.879. The van der Waals surface area contributed by atoms with E-state index in [2.05, 4.69) is 5.32 Å². The van der Waals surface area contributed by atoms with Crippen LogP contribution in [0, 0.1) is 12.7 Å². The van der Waals surface area contributed by atoms with Crippen LogP contribution >= 0.6 is 0 Å². The summed E-state index contributed by atoms with van der Waals surface area (Å²) in [5.41, 5.74) is 8.64. The summed E-state index contributed by atoms with van der Waals surface area (Å²) in [6.07, 6.45) is 0. The van der Waals surface area contributed by atoms with Crippen molar-refractivity contribution in [2.75, 3.05) is 19.0 Å². The molecule has 20 heavy (non-hydrogen) atoms. The zero-order valence-corrected chi connectivity index (χ0v) is 11.7. The zero-order valence-electron chi connectivity index (χ0n) is 11.7. The van der Waals surface area contributed by atoms with Crippen molar-refractivity contribution in [2.45, 2.75) is 13.0 Å². The number of methoxy groups -OCH3 is 1. The number of halogens is 1. The summed E-state index contributed by atoms with van der Waals surface area (Å²) < 4.78 is 18.4. The summed E-state index contributed by atoms with van der Waals surface area (Å²) in [6, 6.07) is 12.2. The molecule has 1 unspecified atom stereocenters. The molecule has 3 N–H and O–H groups in total. The van der Waals surface area contributed by atoms with Crippen LogP contribution in [0.5, 0.6) is 5.75 Å². The van der Waals surface area contributed by atoms with Crippen LogP contribution in [0.25, 0.3) is 0 Å². The third kappa shape index (κ3) is 3.27. The molecule has 0 fully saturated rings. The van der Waals surface area contributed by atoms with Gasteiger partial charge in [-0.05, 0) is 42.3 Å². The van der Waals surface area contributed by atoms with Crippen molar-refractivity contribution in [3.63, 3.8) is 0 Å². The minimum absolute atomic E-state index is 0.0681. The Morgan fingerprint density at radius 2 is 2.05 bits per heavy atom. The fourth-order valence-electron chi connectivity index (χ4n) is 2.18. The Bertz CT molecular complexity index is 586. The van der Waals surface area contributed by atoms with E-state index in [0.29, 0.717) is 12.2 Å². The highest BCUT2D eigenvalue weighted by Crippen LogP contribution is 2.24. The van der Waals surface area contributed by atoms with Crippen molar-refractivity contribution in [1.29, 1.82) is 0 Å². The monoisotopic (exact) mass is 274 g/mol. The van der Waals surface area contributed by atoms with E-state index in [-0.39, 0.29) is 11.9 Å². The fraction of sp³-hybridized carbons (Fsp3) is 0.250. The summed E-state index contributed by atoms with van der Waals surface area (Å²) >= 11 is 0. The molecule has 106 valence electrons. The van der Waals surface area contributed by atoms with Crippen molar-refractivity contribution < 1.29 is 9.13 Å². The minimum atomic E-state index is -0.267. The van der Waals surface area contributed by atoms with Crippen molar-refractivity contribution in [2.24, 2.45) is 5.73 Å². The molecule has 0 amide bonds. The molecule has 0 heterocycles. The SMILES string of the molecule is COc1ccc(C(CN)Nc2cccc(F)c2)cc1C. The molecule has 0 aliphatic carbocycles. The van der Waals surface area contributed by atoms with E-state index in [9.17, 15) is 4.39 Å². The third-order valence-electron chi connectivity index (χ3n) is 3.22. The van der Waals surface area contributed by atoms with Gasteiger partial charge >= 0.3 is 0 Å². The Labute approximate surface area is 118 Å². The number of benzene rings is 2.